The lowest BCUT2D eigenvalue weighted by atomic mass is 10.1. The summed E-state index contributed by atoms with van der Waals surface area (Å²) in [4.78, 5) is 26.5. The summed E-state index contributed by atoms with van der Waals surface area (Å²) >= 11 is 1.57. The summed E-state index contributed by atoms with van der Waals surface area (Å²) in [6.45, 7) is 5.77. The maximum atomic E-state index is 12.5. The van der Waals surface area contributed by atoms with Crippen molar-refractivity contribution in [3.8, 4) is 16.6 Å². The third-order valence-corrected chi connectivity index (χ3v) is 5.95. The van der Waals surface area contributed by atoms with Gasteiger partial charge in [0, 0.05) is 11.1 Å². The normalized spacial score (nSPS) is 11.0. The quantitative estimate of drug-likeness (QED) is 0.207. The minimum atomic E-state index is -0.491. The summed E-state index contributed by atoms with van der Waals surface area (Å²) in [5, 5.41) is 1.60. The number of ether oxygens (including phenoxy) is 1. The first-order valence-corrected chi connectivity index (χ1v) is 10.5. The SMILES string of the molecule is C=C(C(=O)Oc1ccc2nc(-c3nc4ccccc4s3)nc(C)c2c1)c1ccccc1. The summed E-state index contributed by atoms with van der Waals surface area (Å²) in [5.41, 5.74) is 3.53. The number of rotatable bonds is 4. The zero-order valence-corrected chi connectivity index (χ0v) is 17.5. The van der Waals surface area contributed by atoms with Crippen molar-refractivity contribution in [1.82, 2.24) is 15.0 Å². The molecule has 0 aliphatic rings. The van der Waals surface area contributed by atoms with Crippen molar-refractivity contribution in [2.75, 3.05) is 0 Å². The molecule has 5 aromatic rings. The molecule has 31 heavy (non-hydrogen) atoms. The molecular weight excluding hydrogens is 406 g/mol. The summed E-state index contributed by atoms with van der Waals surface area (Å²) < 4.78 is 6.64. The Balaban J connectivity index is 1.45. The van der Waals surface area contributed by atoms with Crippen LogP contribution >= 0.6 is 11.3 Å². The molecular formula is C25H17N3O2S. The minimum absolute atomic E-state index is 0.305. The number of hydrogen-bond donors (Lipinski definition) is 0. The van der Waals surface area contributed by atoms with E-state index in [1.807, 2.05) is 67.6 Å². The van der Waals surface area contributed by atoms with E-state index in [-0.39, 0.29) is 0 Å². The number of aryl methyl sites for hydroxylation is 1. The fraction of sp³-hybridized carbons (Fsp3) is 0.0400. The van der Waals surface area contributed by atoms with Gasteiger partial charge in [0.25, 0.3) is 0 Å². The fourth-order valence-electron chi connectivity index (χ4n) is 3.31. The summed E-state index contributed by atoms with van der Waals surface area (Å²) in [5.74, 6) is 0.526. The minimum Gasteiger partial charge on any atom is -0.423 e. The van der Waals surface area contributed by atoms with Crippen molar-refractivity contribution in [3.05, 3.63) is 90.6 Å². The number of benzene rings is 3. The highest BCUT2D eigenvalue weighted by Crippen LogP contribution is 2.30. The molecule has 150 valence electrons. The van der Waals surface area contributed by atoms with Gasteiger partial charge in [-0.15, -0.1) is 11.3 Å². The van der Waals surface area contributed by atoms with E-state index in [0.29, 0.717) is 17.1 Å². The average Bonchev–Trinajstić information content (AvgIpc) is 3.24. The van der Waals surface area contributed by atoms with Gasteiger partial charge in [-0.05, 0) is 42.8 Å². The molecule has 0 aliphatic carbocycles. The van der Waals surface area contributed by atoms with Crippen molar-refractivity contribution < 1.29 is 9.53 Å². The van der Waals surface area contributed by atoms with Crippen LogP contribution in [0, 0.1) is 6.92 Å². The maximum Gasteiger partial charge on any atom is 0.343 e. The van der Waals surface area contributed by atoms with Crippen LogP contribution in [0.2, 0.25) is 0 Å². The Bertz CT molecular complexity index is 1430. The molecule has 6 heteroatoms. The highest BCUT2D eigenvalue weighted by atomic mass is 32.1. The molecule has 0 saturated carbocycles. The molecule has 0 spiro atoms. The molecule has 5 rings (SSSR count). The van der Waals surface area contributed by atoms with E-state index in [9.17, 15) is 4.79 Å². The summed E-state index contributed by atoms with van der Waals surface area (Å²) in [6, 6.07) is 22.6. The van der Waals surface area contributed by atoms with E-state index in [2.05, 4.69) is 21.5 Å². The molecule has 3 aromatic carbocycles. The number of nitrogens with zero attached hydrogens (tertiary/aromatic N) is 3. The standard InChI is InChI=1S/C25H17N3O2S/c1-15(17-8-4-3-5-9-17)25(29)30-18-12-13-20-19(14-18)16(2)26-23(27-20)24-28-21-10-6-7-11-22(21)31-24/h3-14H,1H2,2H3. The van der Waals surface area contributed by atoms with Crippen molar-refractivity contribution in [1.29, 1.82) is 0 Å². The molecule has 5 nitrogen and oxygen atoms in total. The number of para-hydroxylation sites is 1. The number of carbonyl (C=O) groups is 1. The van der Waals surface area contributed by atoms with Crippen LogP contribution < -0.4 is 4.74 Å². The van der Waals surface area contributed by atoms with E-state index in [1.165, 1.54) is 0 Å². The molecule has 0 bridgehead atoms. The van der Waals surface area contributed by atoms with Crippen LogP contribution in [-0.4, -0.2) is 20.9 Å². The molecule has 0 amide bonds. The van der Waals surface area contributed by atoms with Crippen LogP contribution in [0.25, 0.3) is 37.5 Å². The average molecular weight is 423 g/mol. The Morgan fingerprint density at radius 1 is 0.903 bits per heavy atom. The van der Waals surface area contributed by atoms with Gasteiger partial charge >= 0.3 is 5.97 Å². The van der Waals surface area contributed by atoms with Gasteiger partial charge in [-0.3, -0.25) is 0 Å². The zero-order chi connectivity index (χ0) is 21.4. The van der Waals surface area contributed by atoms with Crippen molar-refractivity contribution >= 4 is 44.0 Å². The molecule has 0 aliphatic heterocycles. The van der Waals surface area contributed by atoms with Crippen LogP contribution in [0.4, 0.5) is 0 Å². The third kappa shape index (κ3) is 3.69. The van der Waals surface area contributed by atoms with E-state index in [4.69, 9.17) is 4.74 Å². The van der Waals surface area contributed by atoms with Gasteiger partial charge in [-0.25, -0.2) is 19.7 Å². The molecule has 2 heterocycles. The summed E-state index contributed by atoms with van der Waals surface area (Å²) in [7, 11) is 0. The zero-order valence-electron chi connectivity index (χ0n) is 16.7. The summed E-state index contributed by atoms with van der Waals surface area (Å²) in [6.07, 6.45) is 0. The molecule has 0 atom stereocenters. The van der Waals surface area contributed by atoms with Crippen LogP contribution in [0.1, 0.15) is 11.3 Å². The molecule has 0 unspecified atom stereocenters. The van der Waals surface area contributed by atoms with Gasteiger partial charge in [0.1, 0.15) is 5.75 Å². The monoisotopic (exact) mass is 423 g/mol. The first kappa shape index (κ1) is 19.1. The van der Waals surface area contributed by atoms with Crippen LogP contribution in [0.5, 0.6) is 5.75 Å². The van der Waals surface area contributed by atoms with E-state index >= 15 is 0 Å². The number of fused-ring (bicyclic) bond motifs is 2. The second-order valence-electron chi connectivity index (χ2n) is 7.03. The number of carbonyl (C=O) groups excluding carboxylic acids is 1. The number of hydrogen-bond acceptors (Lipinski definition) is 6. The molecule has 0 fully saturated rings. The predicted octanol–water partition coefficient (Wildman–Crippen LogP) is 5.83. The largest absolute Gasteiger partial charge is 0.423 e. The first-order chi connectivity index (χ1) is 15.1. The van der Waals surface area contributed by atoms with E-state index in [1.54, 1.807) is 23.5 Å². The second kappa shape index (κ2) is 7.74. The highest BCUT2D eigenvalue weighted by molar-refractivity contribution is 7.21. The van der Waals surface area contributed by atoms with Gasteiger partial charge < -0.3 is 4.74 Å². The number of aromatic nitrogens is 3. The third-order valence-electron chi connectivity index (χ3n) is 4.92. The fourth-order valence-corrected chi connectivity index (χ4v) is 4.21. The Hall–Kier alpha value is -3.90. The van der Waals surface area contributed by atoms with E-state index in [0.717, 1.165) is 37.4 Å². The lowest BCUT2D eigenvalue weighted by Crippen LogP contribution is -2.09. The lowest BCUT2D eigenvalue weighted by Gasteiger charge is -2.09. The second-order valence-corrected chi connectivity index (χ2v) is 8.06. The van der Waals surface area contributed by atoms with Crippen molar-refractivity contribution in [2.24, 2.45) is 0 Å². The Morgan fingerprint density at radius 2 is 1.68 bits per heavy atom. The smallest absolute Gasteiger partial charge is 0.343 e. The van der Waals surface area contributed by atoms with E-state index < -0.39 is 5.97 Å². The van der Waals surface area contributed by atoms with Crippen LogP contribution in [0.15, 0.2) is 79.4 Å². The topological polar surface area (TPSA) is 65.0 Å². The van der Waals surface area contributed by atoms with Gasteiger partial charge in [-0.1, -0.05) is 49.0 Å². The number of thiazole rings is 1. The van der Waals surface area contributed by atoms with Gasteiger partial charge in [0.2, 0.25) is 0 Å². The Morgan fingerprint density at radius 3 is 2.48 bits per heavy atom. The first-order valence-electron chi connectivity index (χ1n) is 9.69. The van der Waals surface area contributed by atoms with Crippen LogP contribution in [0.3, 0.4) is 0 Å². The maximum absolute atomic E-state index is 12.5. The van der Waals surface area contributed by atoms with Gasteiger partial charge in [0.15, 0.2) is 10.8 Å². The van der Waals surface area contributed by atoms with Crippen LogP contribution in [-0.2, 0) is 4.79 Å². The predicted molar refractivity (Wildman–Crippen MR) is 124 cm³/mol. The molecule has 0 radical (unpaired) electrons. The van der Waals surface area contributed by atoms with Crippen molar-refractivity contribution in [3.63, 3.8) is 0 Å². The molecule has 0 N–H and O–H groups in total. The molecule has 0 saturated heterocycles. The Labute approximate surface area is 182 Å². The lowest BCUT2D eigenvalue weighted by molar-refractivity contribution is -0.127. The Kier molecular flexibility index (Phi) is 4.76. The van der Waals surface area contributed by atoms with Crippen molar-refractivity contribution in [2.45, 2.75) is 6.92 Å². The number of esters is 1. The molecule has 2 aromatic heterocycles. The highest BCUT2D eigenvalue weighted by Gasteiger charge is 2.15. The van der Waals surface area contributed by atoms with Gasteiger partial charge in [-0.2, -0.15) is 0 Å². The van der Waals surface area contributed by atoms with Gasteiger partial charge in [0.05, 0.1) is 21.3 Å².